The largest absolute Gasteiger partial charge is 0.545 e. The summed E-state index contributed by atoms with van der Waals surface area (Å²) in [5.74, 6) is -2.28. The molecule has 0 amide bonds. The number of esters is 2. The lowest BCUT2D eigenvalue weighted by molar-refractivity contribution is -0.870. The predicted molar refractivity (Wildman–Crippen MR) is 270 cm³/mol. The van der Waals surface area contributed by atoms with Crippen LogP contribution in [0.1, 0.15) is 258 Å². The van der Waals surface area contributed by atoms with Gasteiger partial charge in [0, 0.05) is 12.8 Å². The lowest BCUT2D eigenvalue weighted by Gasteiger charge is -2.26. The highest BCUT2D eigenvalue weighted by molar-refractivity contribution is 5.70. The second-order valence-corrected chi connectivity index (χ2v) is 19.9. The second-order valence-electron chi connectivity index (χ2n) is 19.9. The number of carbonyl (C=O) groups excluding carboxylic acids is 3. The Bertz CT molecular complexity index is 1120. The van der Waals surface area contributed by atoms with Gasteiger partial charge in [-0.1, -0.05) is 205 Å². The molecule has 0 aromatic heterocycles. The number of unbranched alkanes of at least 4 members (excludes halogenated alkanes) is 32. The Balaban J connectivity index is 4.26. The van der Waals surface area contributed by atoms with Gasteiger partial charge in [0.1, 0.15) is 13.2 Å². The van der Waals surface area contributed by atoms with Gasteiger partial charge in [0.2, 0.25) is 0 Å². The Hall–Kier alpha value is -2.23. The van der Waals surface area contributed by atoms with Gasteiger partial charge in [-0.25, -0.2) is 0 Å². The van der Waals surface area contributed by atoms with Crippen molar-refractivity contribution in [1.82, 2.24) is 0 Å². The van der Waals surface area contributed by atoms with Crippen LogP contribution < -0.4 is 5.11 Å². The number of nitrogens with zero attached hydrogens (tertiary/aromatic N) is 1. The molecule has 9 heteroatoms. The van der Waals surface area contributed by atoms with Gasteiger partial charge in [-0.05, 0) is 64.2 Å². The molecule has 9 nitrogen and oxygen atoms in total. The number of hydrogen-bond acceptors (Lipinski definition) is 8. The topological polar surface area (TPSA) is 111 Å². The third kappa shape index (κ3) is 49.5. The number of ether oxygens (including phenoxy) is 4. The summed E-state index contributed by atoms with van der Waals surface area (Å²) in [6, 6.07) is 0. The van der Waals surface area contributed by atoms with Crippen LogP contribution in [0, 0.1) is 0 Å². The lowest BCUT2D eigenvalue weighted by Crippen LogP contribution is -2.44. The van der Waals surface area contributed by atoms with Crippen molar-refractivity contribution in [3.05, 3.63) is 24.3 Å². The van der Waals surface area contributed by atoms with Crippen LogP contribution in [0.4, 0.5) is 0 Å². The van der Waals surface area contributed by atoms with E-state index in [4.69, 9.17) is 18.9 Å². The van der Waals surface area contributed by atoms with E-state index in [9.17, 15) is 19.5 Å². The van der Waals surface area contributed by atoms with Crippen LogP contribution in [-0.2, 0) is 33.3 Å². The molecule has 0 saturated heterocycles. The number of allylic oxidation sites excluding steroid dienone is 4. The van der Waals surface area contributed by atoms with E-state index in [1.807, 2.05) is 21.1 Å². The van der Waals surface area contributed by atoms with E-state index in [1.165, 1.54) is 193 Å². The molecule has 0 bridgehead atoms. The molecule has 0 saturated carbocycles. The first-order chi connectivity index (χ1) is 31.6. The summed E-state index contributed by atoms with van der Waals surface area (Å²) in [4.78, 5) is 37.2. The molecule has 0 rings (SSSR count). The van der Waals surface area contributed by atoms with E-state index in [1.54, 1.807) is 0 Å². The van der Waals surface area contributed by atoms with E-state index in [0.29, 0.717) is 17.4 Å². The third-order valence-electron chi connectivity index (χ3n) is 12.2. The van der Waals surface area contributed by atoms with Gasteiger partial charge >= 0.3 is 11.9 Å². The molecule has 0 aliphatic carbocycles. The molecule has 0 aromatic carbocycles. The minimum Gasteiger partial charge on any atom is -0.545 e. The number of aliphatic carboxylic acids is 1. The van der Waals surface area contributed by atoms with Gasteiger partial charge in [0.05, 0.1) is 40.3 Å². The van der Waals surface area contributed by atoms with Crippen LogP contribution in [0.25, 0.3) is 0 Å². The second kappa shape index (κ2) is 48.2. The Morgan fingerprint density at radius 3 is 1.14 bits per heavy atom. The maximum absolute atomic E-state index is 12.8. The summed E-state index contributed by atoms with van der Waals surface area (Å²) < 4.78 is 22.7. The molecule has 0 aliphatic rings. The molecule has 0 N–H and O–H groups in total. The van der Waals surface area contributed by atoms with E-state index in [2.05, 4.69) is 38.2 Å². The Morgan fingerprint density at radius 2 is 0.785 bits per heavy atom. The summed E-state index contributed by atoms with van der Waals surface area (Å²) in [5.41, 5.74) is 0. The predicted octanol–water partition coefficient (Wildman–Crippen LogP) is 14.2. The van der Waals surface area contributed by atoms with Gasteiger partial charge in [-0.2, -0.15) is 0 Å². The zero-order valence-corrected chi connectivity index (χ0v) is 43.4. The van der Waals surface area contributed by atoms with Crippen LogP contribution in [-0.4, -0.2) is 82.3 Å². The number of likely N-dealkylation sites (N-methyl/N-ethyl adjacent to an activating group) is 1. The zero-order valence-electron chi connectivity index (χ0n) is 43.4. The monoisotopic (exact) mass is 920 g/mol. The van der Waals surface area contributed by atoms with Crippen LogP contribution in [0.15, 0.2) is 24.3 Å². The Kier molecular flexibility index (Phi) is 46.6. The number of hydrogen-bond donors (Lipinski definition) is 0. The standard InChI is InChI=1S/C56H105NO8/c1-6-8-10-12-14-16-18-20-22-24-25-26-27-28-29-31-33-35-37-39-41-43-45-47-54(59)65-52(51-64-56(55(60)61)62-49-48-57(3,4)5)50-63-53(58)46-44-42-40-38-36-34-32-30-23-21-19-17-15-13-11-9-7-2/h21,23-25,52,56H,6-20,22,26-51H2,1-5H3/b23-21-,25-24-. The quantitative estimate of drug-likeness (QED) is 0.0195. The summed E-state index contributed by atoms with van der Waals surface area (Å²) in [6.45, 7) is 4.77. The molecule has 2 unspecified atom stereocenters. The molecule has 0 aromatic rings. The highest BCUT2D eigenvalue weighted by Crippen LogP contribution is 2.16. The van der Waals surface area contributed by atoms with E-state index in [-0.39, 0.29) is 38.6 Å². The maximum Gasteiger partial charge on any atom is 0.306 e. The zero-order chi connectivity index (χ0) is 47.7. The summed E-state index contributed by atoms with van der Waals surface area (Å²) in [5, 5.41) is 11.7. The van der Waals surface area contributed by atoms with Crippen molar-refractivity contribution in [3.63, 3.8) is 0 Å². The first-order valence-electron chi connectivity index (χ1n) is 27.5. The first kappa shape index (κ1) is 62.8. The minimum atomic E-state index is -1.62. The van der Waals surface area contributed by atoms with Gasteiger partial charge in [-0.15, -0.1) is 0 Å². The maximum atomic E-state index is 12.8. The molecule has 382 valence electrons. The van der Waals surface area contributed by atoms with Crippen molar-refractivity contribution in [3.8, 4) is 0 Å². The number of carbonyl (C=O) groups is 3. The van der Waals surface area contributed by atoms with Gasteiger partial charge in [0.25, 0.3) is 0 Å². The summed E-state index contributed by atoms with van der Waals surface area (Å²) in [6.07, 6.45) is 52.1. The highest BCUT2D eigenvalue weighted by Gasteiger charge is 2.22. The number of carboxylic acid groups (broad SMARTS) is 1. The Labute approximate surface area is 401 Å². The fourth-order valence-corrected chi connectivity index (χ4v) is 7.88. The molecule has 0 aliphatic heterocycles. The van der Waals surface area contributed by atoms with E-state index in [0.717, 1.165) is 32.1 Å². The molecule has 65 heavy (non-hydrogen) atoms. The number of quaternary nitrogens is 1. The SMILES string of the molecule is CCCCCCCC/C=C\CCCCCCCCCC(=O)OCC(COC(OCC[N+](C)(C)C)C(=O)[O-])OC(=O)CCCCCCCCCCCCC/C=C\CCCCCCCCCC. The van der Waals surface area contributed by atoms with Crippen LogP contribution in [0.3, 0.4) is 0 Å². The van der Waals surface area contributed by atoms with Crippen molar-refractivity contribution >= 4 is 17.9 Å². The van der Waals surface area contributed by atoms with Crippen molar-refractivity contribution in [1.29, 1.82) is 0 Å². The number of rotatable bonds is 51. The van der Waals surface area contributed by atoms with Crippen molar-refractivity contribution in [2.24, 2.45) is 0 Å². The average Bonchev–Trinajstić information content (AvgIpc) is 3.27. The molecule has 0 spiro atoms. The van der Waals surface area contributed by atoms with Gasteiger partial charge < -0.3 is 33.3 Å². The van der Waals surface area contributed by atoms with E-state index >= 15 is 0 Å². The van der Waals surface area contributed by atoms with Crippen LogP contribution in [0.5, 0.6) is 0 Å². The Morgan fingerprint density at radius 1 is 0.446 bits per heavy atom. The molecular formula is C56H105NO8. The molecular weight excluding hydrogens is 815 g/mol. The molecule has 2 atom stereocenters. The highest BCUT2D eigenvalue weighted by atomic mass is 16.7. The van der Waals surface area contributed by atoms with Crippen LogP contribution >= 0.6 is 0 Å². The first-order valence-corrected chi connectivity index (χ1v) is 27.5. The average molecular weight is 920 g/mol. The van der Waals surface area contributed by atoms with Crippen molar-refractivity contribution in [2.75, 3.05) is 47.5 Å². The van der Waals surface area contributed by atoms with Crippen LogP contribution in [0.2, 0.25) is 0 Å². The number of carboxylic acids is 1. The fourth-order valence-electron chi connectivity index (χ4n) is 7.88. The normalized spacial score (nSPS) is 12.9. The fraction of sp³-hybridized carbons (Fsp3) is 0.875. The molecule has 0 heterocycles. The lowest BCUT2D eigenvalue weighted by atomic mass is 10.0. The molecule has 0 fully saturated rings. The van der Waals surface area contributed by atoms with Gasteiger partial charge in [-0.3, -0.25) is 9.59 Å². The third-order valence-corrected chi connectivity index (χ3v) is 12.2. The van der Waals surface area contributed by atoms with E-state index < -0.39 is 24.3 Å². The van der Waals surface area contributed by atoms with Gasteiger partial charge in [0.15, 0.2) is 12.4 Å². The van der Waals surface area contributed by atoms with Crippen molar-refractivity contribution < 1.29 is 42.9 Å². The van der Waals surface area contributed by atoms with Crippen molar-refractivity contribution in [2.45, 2.75) is 270 Å². The summed E-state index contributed by atoms with van der Waals surface area (Å²) >= 11 is 0. The smallest absolute Gasteiger partial charge is 0.306 e. The summed E-state index contributed by atoms with van der Waals surface area (Å²) in [7, 11) is 5.92. The molecule has 0 radical (unpaired) electrons. The minimum absolute atomic E-state index is 0.149.